The highest BCUT2D eigenvalue weighted by Gasteiger charge is 2.40. The summed E-state index contributed by atoms with van der Waals surface area (Å²) >= 11 is 0. The minimum absolute atomic E-state index is 0.160. The second-order valence-electron chi connectivity index (χ2n) is 3.78. The third-order valence-electron chi connectivity index (χ3n) is 2.45. The molecular weight excluding hydrogens is 287 g/mol. The van der Waals surface area contributed by atoms with Crippen LogP contribution in [0.4, 0.5) is 22.0 Å². The number of nitrogens with two attached hydrogens (primary N) is 1. The predicted octanol–water partition coefficient (Wildman–Crippen LogP) is 2.21. The first kappa shape index (κ1) is 16.3. The molecule has 1 aromatic heterocycles. The number of hydrogen-bond donors (Lipinski definition) is 1. The maximum atomic E-state index is 12.9. The van der Waals surface area contributed by atoms with Gasteiger partial charge in [0.1, 0.15) is 0 Å². The number of rotatable bonds is 4. The summed E-state index contributed by atoms with van der Waals surface area (Å²) in [6.45, 7) is -0.327. The van der Waals surface area contributed by atoms with Crippen molar-refractivity contribution in [3.8, 4) is 0 Å². The Bertz CT molecular complexity index is 502. The number of nitrogens with zero attached hydrogens (tertiary/aromatic N) is 1. The van der Waals surface area contributed by atoms with Crippen LogP contribution in [-0.4, -0.2) is 18.1 Å². The number of methoxy groups -OCH3 is 1. The molecule has 0 aliphatic rings. The van der Waals surface area contributed by atoms with E-state index in [0.29, 0.717) is 6.07 Å². The average molecular weight is 298 g/mol. The van der Waals surface area contributed by atoms with Crippen LogP contribution < -0.4 is 5.73 Å². The van der Waals surface area contributed by atoms with E-state index in [2.05, 4.69) is 9.72 Å². The largest absolute Gasteiger partial charge is 0.469 e. The summed E-state index contributed by atoms with van der Waals surface area (Å²) in [5.74, 6) is -1.02. The molecule has 0 saturated carbocycles. The Kier molecular flexibility index (Phi) is 4.98. The van der Waals surface area contributed by atoms with Crippen molar-refractivity contribution in [1.82, 2.24) is 4.98 Å². The van der Waals surface area contributed by atoms with Gasteiger partial charge in [0.2, 0.25) is 0 Å². The van der Waals surface area contributed by atoms with E-state index in [1.807, 2.05) is 0 Å². The van der Waals surface area contributed by atoms with E-state index in [4.69, 9.17) is 5.73 Å². The average Bonchev–Trinajstić information content (AvgIpc) is 2.35. The maximum Gasteiger partial charge on any atom is 0.418 e. The van der Waals surface area contributed by atoms with E-state index in [1.54, 1.807) is 0 Å². The van der Waals surface area contributed by atoms with Gasteiger partial charge in [0.15, 0.2) is 0 Å². The van der Waals surface area contributed by atoms with Gasteiger partial charge >= 0.3 is 12.1 Å². The van der Waals surface area contributed by atoms with Crippen LogP contribution in [0.2, 0.25) is 0 Å². The monoisotopic (exact) mass is 298 g/mol. The Morgan fingerprint density at radius 3 is 2.45 bits per heavy atom. The zero-order valence-electron chi connectivity index (χ0n) is 10.3. The fourth-order valence-corrected chi connectivity index (χ4v) is 1.62. The maximum absolute atomic E-state index is 12.9. The molecule has 2 N–H and O–H groups in total. The lowest BCUT2D eigenvalue weighted by molar-refractivity contribution is -0.142. The molecular formula is C11H11F5N2O2. The first-order chi connectivity index (χ1) is 9.20. The first-order valence-electron chi connectivity index (χ1n) is 5.35. The molecule has 112 valence electrons. The number of alkyl halides is 5. The molecule has 0 atom stereocenters. The molecule has 0 bridgehead atoms. The highest BCUT2D eigenvalue weighted by Crippen LogP contribution is 2.38. The van der Waals surface area contributed by atoms with Crippen molar-refractivity contribution in [3.63, 3.8) is 0 Å². The molecule has 0 aliphatic heterocycles. The molecule has 0 unspecified atom stereocenters. The number of halogens is 5. The van der Waals surface area contributed by atoms with Crippen molar-refractivity contribution >= 4 is 5.97 Å². The molecule has 0 aliphatic carbocycles. The van der Waals surface area contributed by atoms with Gasteiger partial charge in [-0.1, -0.05) is 0 Å². The quantitative estimate of drug-likeness (QED) is 0.683. The molecule has 1 aromatic rings. The molecule has 0 saturated heterocycles. The Hall–Kier alpha value is -1.77. The molecule has 4 nitrogen and oxygen atoms in total. The number of ether oxygens (including phenoxy) is 1. The number of carbonyl (C=O) groups excluding carboxylic acids is 1. The molecule has 1 heterocycles. The van der Waals surface area contributed by atoms with Crippen LogP contribution in [0, 0.1) is 0 Å². The van der Waals surface area contributed by atoms with Gasteiger partial charge < -0.3 is 10.5 Å². The predicted molar refractivity (Wildman–Crippen MR) is 57.8 cm³/mol. The highest BCUT2D eigenvalue weighted by molar-refractivity contribution is 5.72. The van der Waals surface area contributed by atoms with Crippen LogP contribution in [0.5, 0.6) is 0 Å². The van der Waals surface area contributed by atoms with Crippen LogP contribution in [-0.2, 0) is 28.7 Å². The molecule has 20 heavy (non-hydrogen) atoms. The molecule has 0 spiro atoms. The Morgan fingerprint density at radius 2 is 2.05 bits per heavy atom. The molecule has 0 amide bonds. The van der Waals surface area contributed by atoms with Crippen LogP contribution in [0.1, 0.15) is 28.9 Å². The van der Waals surface area contributed by atoms with Crippen molar-refractivity contribution in [2.75, 3.05) is 7.11 Å². The smallest absolute Gasteiger partial charge is 0.418 e. The normalized spacial score (nSPS) is 11.8. The third-order valence-corrected chi connectivity index (χ3v) is 2.45. The van der Waals surface area contributed by atoms with Gasteiger partial charge in [-0.3, -0.25) is 9.78 Å². The summed E-state index contributed by atoms with van der Waals surface area (Å²) < 4.78 is 68.5. The van der Waals surface area contributed by atoms with E-state index < -0.39 is 41.8 Å². The topological polar surface area (TPSA) is 65.2 Å². The van der Waals surface area contributed by atoms with Crippen molar-refractivity contribution in [2.45, 2.75) is 25.6 Å². The van der Waals surface area contributed by atoms with E-state index >= 15 is 0 Å². The molecule has 0 aromatic carbocycles. The first-order valence-corrected chi connectivity index (χ1v) is 5.35. The third kappa shape index (κ3) is 3.62. The van der Waals surface area contributed by atoms with Crippen molar-refractivity contribution in [2.24, 2.45) is 5.73 Å². The van der Waals surface area contributed by atoms with E-state index in [-0.39, 0.29) is 12.2 Å². The Morgan fingerprint density at radius 1 is 1.45 bits per heavy atom. The second-order valence-corrected chi connectivity index (χ2v) is 3.78. The Balaban J connectivity index is 3.51. The zero-order valence-corrected chi connectivity index (χ0v) is 10.3. The van der Waals surface area contributed by atoms with Gasteiger partial charge in [-0.15, -0.1) is 0 Å². The fourth-order valence-electron chi connectivity index (χ4n) is 1.62. The SMILES string of the molecule is COC(=O)Cc1nc(CN)cc(C(F)F)c1C(F)(F)F. The number of esters is 1. The van der Waals surface area contributed by atoms with Gasteiger partial charge in [-0.25, -0.2) is 8.78 Å². The lowest BCUT2D eigenvalue weighted by atomic mass is 10.0. The van der Waals surface area contributed by atoms with Gasteiger partial charge in [0.05, 0.1) is 30.5 Å². The lowest BCUT2D eigenvalue weighted by Gasteiger charge is -2.17. The van der Waals surface area contributed by atoms with Crippen molar-refractivity contribution in [3.05, 3.63) is 28.6 Å². The van der Waals surface area contributed by atoms with Crippen molar-refractivity contribution < 1.29 is 31.5 Å². The summed E-state index contributed by atoms with van der Waals surface area (Å²) in [5.41, 5.74) is 1.37. The summed E-state index contributed by atoms with van der Waals surface area (Å²) in [6.07, 6.45) is -9.29. The van der Waals surface area contributed by atoms with Crippen LogP contribution >= 0.6 is 0 Å². The number of pyridine rings is 1. The Labute approximate surface area is 110 Å². The number of carbonyl (C=O) groups is 1. The summed E-state index contributed by atoms with van der Waals surface area (Å²) in [4.78, 5) is 14.6. The number of aromatic nitrogens is 1. The van der Waals surface area contributed by atoms with Gasteiger partial charge in [0.25, 0.3) is 6.43 Å². The fraction of sp³-hybridized carbons (Fsp3) is 0.455. The van der Waals surface area contributed by atoms with E-state index in [0.717, 1.165) is 7.11 Å². The van der Waals surface area contributed by atoms with E-state index in [9.17, 15) is 26.7 Å². The van der Waals surface area contributed by atoms with Crippen molar-refractivity contribution in [1.29, 1.82) is 0 Å². The molecule has 0 fully saturated rings. The molecule has 9 heteroatoms. The van der Waals surface area contributed by atoms with Gasteiger partial charge in [-0.2, -0.15) is 13.2 Å². The van der Waals surface area contributed by atoms with E-state index in [1.165, 1.54) is 0 Å². The second kappa shape index (κ2) is 6.12. The standard InChI is InChI=1S/C11H11F5N2O2/c1-20-8(19)3-7-9(11(14,15)16)6(10(12)13)2-5(4-17)18-7/h2,10H,3-4,17H2,1H3. The minimum atomic E-state index is -5.06. The van der Waals surface area contributed by atoms with Crippen LogP contribution in [0.25, 0.3) is 0 Å². The molecule has 1 rings (SSSR count). The van der Waals surface area contributed by atoms with Gasteiger partial charge in [0, 0.05) is 12.1 Å². The zero-order chi connectivity index (χ0) is 15.5. The molecule has 0 radical (unpaired) electrons. The van der Waals surface area contributed by atoms with Crippen LogP contribution in [0.15, 0.2) is 6.07 Å². The summed E-state index contributed by atoms with van der Waals surface area (Å²) in [7, 11) is 0.969. The highest BCUT2D eigenvalue weighted by atomic mass is 19.4. The summed E-state index contributed by atoms with van der Waals surface area (Å²) in [6, 6.07) is 0.592. The van der Waals surface area contributed by atoms with Gasteiger partial charge in [-0.05, 0) is 6.07 Å². The van der Waals surface area contributed by atoms with Crippen LogP contribution in [0.3, 0.4) is 0 Å². The minimum Gasteiger partial charge on any atom is -0.469 e. The summed E-state index contributed by atoms with van der Waals surface area (Å²) in [5, 5.41) is 0. The lowest BCUT2D eigenvalue weighted by Crippen LogP contribution is -2.20. The number of hydrogen-bond acceptors (Lipinski definition) is 4.